The van der Waals surface area contributed by atoms with E-state index in [1.165, 1.54) is 6.39 Å². The second kappa shape index (κ2) is 6.37. The van der Waals surface area contributed by atoms with E-state index >= 15 is 0 Å². The lowest BCUT2D eigenvalue weighted by Crippen LogP contribution is -2.28. The van der Waals surface area contributed by atoms with Gasteiger partial charge in [0.15, 0.2) is 12.2 Å². The minimum atomic E-state index is -0.0153. The summed E-state index contributed by atoms with van der Waals surface area (Å²) in [7, 11) is 0. The number of fused-ring (bicyclic) bond motifs is 1. The van der Waals surface area contributed by atoms with Gasteiger partial charge >= 0.3 is 0 Å². The van der Waals surface area contributed by atoms with Gasteiger partial charge in [-0.1, -0.05) is 0 Å². The Hall–Kier alpha value is -2.80. The van der Waals surface area contributed by atoms with Crippen molar-refractivity contribution in [3.05, 3.63) is 37.1 Å². The minimum Gasteiger partial charge on any atom is -0.442 e. The Kier molecular flexibility index (Phi) is 3.92. The Morgan fingerprint density at radius 3 is 2.71 bits per heavy atom. The van der Waals surface area contributed by atoms with Gasteiger partial charge in [-0.25, -0.2) is 9.97 Å². The van der Waals surface area contributed by atoms with Gasteiger partial charge in [-0.05, 0) is 30.4 Å². The van der Waals surface area contributed by atoms with Crippen molar-refractivity contribution in [2.75, 3.05) is 18.5 Å². The van der Waals surface area contributed by atoms with Crippen LogP contribution in [0.1, 0.15) is 12.8 Å². The third-order valence-electron chi connectivity index (χ3n) is 4.13. The molecule has 1 amide bonds. The molecule has 0 aliphatic carbocycles. The third kappa shape index (κ3) is 2.98. The van der Waals surface area contributed by atoms with Crippen LogP contribution in [0.15, 0.2) is 41.5 Å². The fraction of sp³-hybridized carbons (Fsp3) is 0.294. The maximum atomic E-state index is 12.3. The van der Waals surface area contributed by atoms with Gasteiger partial charge in [0.2, 0.25) is 5.91 Å². The number of nitrogens with one attached hydrogen (secondary N) is 1. The largest absolute Gasteiger partial charge is 0.442 e. The molecule has 122 valence electrons. The van der Waals surface area contributed by atoms with E-state index in [1.807, 2.05) is 12.1 Å². The van der Waals surface area contributed by atoms with E-state index in [2.05, 4.69) is 20.3 Å². The Morgan fingerprint density at radius 2 is 1.92 bits per heavy atom. The highest BCUT2D eigenvalue weighted by Gasteiger charge is 2.21. The molecule has 3 aromatic heterocycles. The van der Waals surface area contributed by atoms with Crippen molar-refractivity contribution in [1.82, 2.24) is 15.0 Å². The Bertz CT molecular complexity index is 857. The average Bonchev–Trinajstić information content (AvgIpc) is 3.16. The summed E-state index contributed by atoms with van der Waals surface area (Å²) >= 11 is 0. The van der Waals surface area contributed by atoms with Crippen LogP contribution in [0.2, 0.25) is 0 Å². The monoisotopic (exact) mass is 324 g/mol. The molecule has 0 radical (unpaired) electrons. The predicted octanol–water partition coefficient (Wildman–Crippen LogP) is 2.65. The van der Waals surface area contributed by atoms with E-state index in [-0.39, 0.29) is 11.8 Å². The molecule has 1 saturated heterocycles. The first kappa shape index (κ1) is 14.8. The molecule has 7 heteroatoms. The molecule has 1 N–H and O–H groups in total. The summed E-state index contributed by atoms with van der Waals surface area (Å²) < 4.78 is 10.6. The van der Waals surface area contributed by atoms with E-state index in [4.69, 9.17) is 9.15 Å². The number of anilines is 1. The molecule has 4 heterocycles. The number of hydrogen-bond donors (Lipinski definition) is 1. The number of aromatic nitrogens is 3. The van der Waals surface area contributed by atoms with Crippen LogP contribution in [0, 0.1) is 5.92 Å². The first-order valence-electron chi connectivity index (χ1n) is 7.83. The van der Waals surface area contributed by atoms with Crippen molar-refractivity contribution in [3.8, 4) is 11.5 Å². The summed E-state index contributed by atoms with van der Waals surface area (Å²) in [5.41, 5.74) is 0.688. The molecule has 0 unspecified atom stereocenters. The highest BCUT2D eigenvalue weighted by atomic mass is 16.5. The van der Waals surface area contributed by atoms with E-state index in [0.29, 0.717) is 30.5 Å². The van der Waals surface area contributed by atoms with Crippen LogP contribution in [-0.4, -0.2) is 34.1 Å². The van der Waals surface area contributed by atoms with Crippen LogP contribution in [-0.2, 0) is 9.53 Å². The highest BCUT2D eigenvalue weighted by Crippen LogP contribution is 2.23. The molecule has 0 saturated carbocycles. The summed E-state index contributed by atoms with van der Waals surface area (Å²) in [4.78, 5) is 24.8. The molecule has 3 aromatic rings. The van der Waals surface area contributed by atoms with Gasteiger partial charge in [0.25, 0.3) is 0 Å². The summed E-state index contributed by atoms with van der Waals surface area (Å²) in [6.45, 7) is 1.27. The normalized spacial score (nSPS) is 15.5. The van der Waals surface area contributed by atoms with E-state index in [1.54, 1.807) is 18.6 Å². The average molecular weight is 324 g/mol. The molecule has 7 nitrogen and oxygen atoms in total. The van der Waals surface area contributed by atoms with Crippen molar-refractivity contribution in [2.24, 2.45) is 5.92 Å². The molecule has 1 fully saturated rings. The van der Waals surface area contributed by atoms with Crippen LogP contribution < -0.4 is 5.32 Å². The van der Waals surface area contributed by atoms with E-state index in [0.717, 1.165) is 23.6 Å². The number of ether oxygens (including phenoxy) is 1. The van der Waals surface area contributed by atoms with Crippen molar-refractivity contribution in [3.63, 3.8) is 0 Å². The lowest BCUT2D eigenvalue weighted by atomic mass is 9.99. The second-order valence-corrected chi connectivity index (χ2v) is 5.73. The van der Waals surface area contributed by atoms with Gasteiger partial charge in [-0.15, -0.1) is 0 Å². The topological polar surface area (TPSA) is 90.1 Å². The zero-order valence-electron chi connectivity index (χ0n) is 12.9. The molecule has 0 bridgehead atoms. The number of carbonyl (C=O) groups is 1. The predicted molar refractivity (Wildman–Crippen MR) is 87.2 cm³/mol. The maximum Gasteiger partial charge on any atom is 0.228 e. The summed E-state index contributed by atoms with van der Waals surface area (Å²) in [5, 5.41) is 4.71. The van der Waals surface area contributed by atoms with Crippen LogP contribution in [0.3, 0.4) is 0 Å². The summed E-state index contributed by atoms with van der Waals surface area (Å²) in [5.74, 6) is 1.11. The van der Waals surface area contributed by atoms with Crippen molar-refractivity contribution in [1.29, 1.82) is 0 Å². The van der Waals surface area contributed by atoms with Crippen LogP contribution in [0.5, 0.6) is 0 Å². The van der Waals surface area contributed by atoms with Gasteiger partial charge < -0.3 is 14.5 Å². The fourth-order valence-electron chi connectivity index (χ4n) is 2.77. The zero-order valence-corrected chi connectivity index (χ0v) is 12.9. The highest BCUT2D eigenvalue weighted by molar-refractivity contribution is 5.94. The van der Waals surface area contributed by atoms with Gasteiger partial charge in [0, 0.05) is 36.9 Å². The summed E-state index contributed by atoms with van der Waals surface area (Å²) in [6.07, 6.45) is 7.91. The first-order valence-corrected chi connectivity index (χ1v) is 7.83. The van der Waals surface area contributed by atoms with Gasteiger partial charge in [0.05, 0.1) is 6.20 Å². The molecule has 0 spiro atoms. The smallest absolute Gasteiger partial charge is 0.228 e. The molecule has 1 aliphatic heterocycles. The van der Waals surface area contributed by atoms with Crippen molar-refractivity contribution < 1.29 is 13.9 Å². The van der Waals surface area contributed by atoms with Gasteiger partial charge in [-0.2, -0.15) is 0 Å². The van der Waals surface area contributed by atoms with E-state index in [9.17, 15) is 4.79 Å². The Balaban J connectivity index is 1.58. The Labute approximate surface area is 138 Å². The molecule has 4 rings (SSSR count). The Morgan fingerprint density at radius 1 is 1.08 bits per heavy atom. The SMILES string of the molecule is O=C(Nc1cc2cc(-c3cnco3)ncc2cn1)C1CCOCC1. The first-order chi connectivity index (χ1) is 11.8. The number of amides is 1. The van der Waals surface area contributed by atoms with Crippen LogP contribution >= 0.6 is 0 Å². The summed E-state index contributed by atoms with van der Waals surface area (Å²) in [6, 6.07) is 3.73. The van der Waals surface area contributed by atoms with Crippen molar-refractivity contribution >= 4 is 22.5 Å². The molecular weight excluding hydrogens is 308 g/mol. The number of nitrogens with zero attached hydrogens (tertiary/aromatic N) is 3. The molecule has 24 heavy (non-hydrogen) atoms. The second-order valence-electron chi connectivity index (χ2n) is 5.73. The van der Waals surface area contributed by atoms with Crippen LogP contribution in [0.4, 0.5) is 5.82 Å². The van der Waals surface area contributed by atoms with E-state index < -0.39 is 0 Å². The number of hydrogen-bond acceptors (Lipinski definition) is 6. The van der Waals surface area contributed by atoms with Gasteiger partial charge in [-0.3, -0.25) is 9.78 Å². The lowest BCUT2D eigenvalue weighted by Gasteiger charge is -2.20. The third-order valence-corrected chi connectivity index (χ3v) is 4.13. The molecule has 0 aromatic carbocycles. The van der Waals surface area contributed by atoms with Crippen LogP contribution in [0.25, 0.3) is 22.2 Å². The molecule has 1 aliphatic rings. The van der Waals surface area contributed by atoms with Crippen molar-refractivity contribution in [2.45, 2.75) is 12.8 Å². The maximum absolute atomic E-state index is 12.3. The molecular formula is C17H16N4O3. The quantitative estimate of drug-likeness (QED) is 0.796. The number of rotatable bonds is 3. The lowest BCUT2D eigenvalue weighted by molar-refractivity contribution is -0.122. The minimum absolute atomic E-state index is 0.00494. The number of pyridine rings is 2. The standard InChI is InChI=1S/C17H16N4O3/c22-17(11-1-3-23-4-2-11)21-16-6-12-5-14(15-9-18-10-24-15)19-7-13(12)8-20-16/h5-11H,1-4H2,(H,20,21,22). The fourth-order valence-corrected chi connectivity index (χ4v) is 2.77. The zero-order chi connectivity index (χ0) is 16.4. The van der Waals surface area contributed by atoms with Gasteiger partial charge in [0.1, 0.15) is 11.5 Å². The number of carbonyl (C=O) groups excluding carboxylic acids is 1. The number of oxazole rings is 1. The molecule has 0 atom stereocenters.